The molecular formula is C22H23N3O3S. The van der Waals surface area contributed by atoms with Gasteiger partial charge in [-0.05, 0) is 55.2 Å². The van der Waals surface area contributed by atoms with Crippen LogP contribution in [0.25, 0.3) is 10.9 Å². The van der Waals surface area contributed by atoms with E-state index < -0.39 is 10.0 Å². The maximum Gasteiger partial charge on any atom is 0.255 e. The van der Waals surface area contributed by atoms with Crippen LogP contribution in [0.2, 0.25) is 0 Å². The quantitative estimate of drug-likeness (QED) is 0.709. The van der Waals surface area contributed by atoms with Crippen molar-refractivity contribution in [3.63, 3.8) is 0 Å². The number of hydrogen-bond acceptors (Lipinski definition) is 4. The molecular weight excluding hydrogens is 386 g/mol. The third-order valence-corrected chi connectivity index (χ3v) is 7.29. The fraction of sp³-hybridized carbons (Fsp3) is 0.273. The zero-order chi connectivity index (χ0) is 20.4. The minimum absolute atomic E-state index is 0.218. The van der Waals surface area contributed by atoms with Crippen LogP contribution in [0.5, 0.6) is 0 Å². The molecule has 3 aromatic rings. The number of nitrogens with one attached hydrogen (secondary N) is 1. The maximum atomic E-state index is 12.8. The van der Waals surface area contributed by atoms with E-state index in [2.05, 4.69) is 17.2 Å². The van der Waals surface area contributed by atoms with Gasteiger partial charge < -0.3 is 5.32 Å². The molecule has 6 nitrogen and oxygen atoms in total. The molecule has 0 aliphatic carbocycles. The Morgan fingerprint density at radius 3 is 2.45 bits per heavy atom. The summed E-state index contributed by atoms with van der Waals surface area (Å²) in [6, 6.07) is 15.5. The van der Waals surface area contributed by atoms with E-state index in [-0.39, 0.29) is 10.8 Å². The Balaban J connectivity index is 1.52. The first kappa shape index (κ1) is 19.5. The Hall–Kier alpha value is -2.77. The number of rotatable bonds is 4. The Bertz CT molecular complexity index is 1130. The van der Waals surface area contributed by atoms with Gasteiger partial charge in [-0.2, -0.15) is 4.31 Å². The van der Waals surface area contributed by atoms with Crippen LogP contribution in [0.4, 0.5) is 5.69 Å². The van der Waals surface area contributed by atoms with Crippen LogP contribution in [0, 0.1) is 5.92 Å². The summed E-state index contributed by atoms with van der Waals surface area (Å²) in [5.74, 6) is 0.245. The molecule has 0 radical (unpaired) electrons. The van der Waals surface area contributed by atoms with E-state index in [1.807, 2.05) is 24.3 Å². The Morgan fingerprint density at radius 1 is 1.03 bits per heavy atom. The van der Waals surface area contributed by atoms with E-state index in [4.69, 9.17) is 0 Å². The molecule has 7 heteroatoms. The van der Waals surface area contributed by atoms with Crippen LogP contribution >= 0.6 is 0 Å². The van der Waals surface area contributed by atoms with Crippen LogP contribution in [0.15, 0.2) is 65.7 Å². The fourth-order valence-corrected chi connectivity index (χ4v) is 5.02. The molecule has 0 spiro atoms. The highest BCUT2D eigenvalue weighted by Crippen LogP contribution is 2.24. The van der Waals surface area contributed by atoms with E-state index in [0.717, 1.165) is 18.2 Å². The molecule has 2 heterocycles. The molecule has 1 saturated heterocycles. The lowest BCUT2D eigenvalue weighted by atomic mass is 10.0. The zero-order valence-electron chi connectivity index (χ0n) is 16.2. The predicted octanol–water partition coefficient (Wildman–Crippen LogP) is 3.91. The molecule has 1 aromatic heterocycles. The molecule has 0 bridgehead atoms. The maximum absolute atomic E-state index is 12.8. The molecule has 1 aliphatic heterocycles. The van der Waals surface area contributed by atoms with Gasteiger partial charge in [0.05, 0.1) is 16.1 Å². The summed E-state index contributed by atoms with van der Waals surface area (Å²) in [6.45, 7) is 3.22. The summed E-state index contributed by atoms with van der Waals surface area (Å²) in [5.41, 5.74) is 1.72. The SMILES string of the molecule is CC1CCN(S(=O)(=O)c2ccc(C(=O)Nc3cccc4cccnc34)cc2)CC1. The molecule has 1 N–H and O–H groups in total. The van der Waals surface area contributed by atoms with E-state index >= 15 is 0 Å². The smallest absolute Gasteiger partial charge is 0.255 e. The second-order valence-electron chi connectivity index (χ2n) is 7.45. The van der Waals surface area contributed by atoms with Crippen molar-refractivity contribution in [1.82, 2.24) is 9.29 Å². The molecule has 150 valence electrons. The van der Waals surface area contributed by atoms with Crippen molar-refractivity contribution in [2.45, 2.75) is 24.7 Å². The summed E-state index contributed by atoms with van der Waals surface area (Å²) >= 11 is 0. The molecule has 0 atom stereocenters. The molecule has 1 fully saturated rings. The van der Waals surface area contributed by atoms with Gasteiger partial charge >= 0.3 is 0 Å². The molecule has 1 aliphatic rings. The summed E-state index contributed by atoms with van der Waals surface area (Å²) in [6.07, 6.45) is 3.43. The van der Waals surface area contributed by atoms with Gasteiger partial charge in [-0.3, -0.25) is 9.78 Å². The number of carbonyl (C=O) groups is 1. The van der Waals surface area contributed by atoms with Crippen LogP contribution in [0.3, 0.4) is 0 Å². The van der Waals surface area contributed by atoms with Gasteiger partial charge in [0.15, 0.2) is 0 Å². The number of anilines is 1. The molecule has 4 rings (SSSR count). The number of fused-ring (bicyclic) bond motifs is 1. The van der Waals surface area contributed by atoms with Crippen LogP contribution in [0.1, 0.15) is 30.1 Å². The number of benzene rings is 2. The number of pyridine rings is 1. The highest BCUT2D eigenvalue weighted by Gasteiger charge is 2.28. The average Bonchev–Trinajstić information content (AvgIpc) is 2.74. The van der Waals surface area contributed by atoms with Gasteiger partial charge in [0, 0.05) is 30.2 Å². The van der Waals surface area contributed by atoms with Crippen molar-refractivity contribution in [3.8, 4) is 0 Å². The van der Waals surface area contributed by atoms with Gasteiger partial charge in [-0.1, -0.05) is 25.1 Å². The average molecular weight is 410 g/mol. The number of sulfonamides is 1. The lowest BCUT2D eigenvalue weighted by Crippen LogP contribution is -2.37. The van der Waals surface area contributed by atoms with Gasteiger partial charge in [-0.15, -0.1) is 0 Å². The van der Waals surface area contributed by atoms with Crippen LogP contribution in [-0.2, 0) is 10.0 Å². The molecule has 1 amide bonds. The number of amides is 1. The van der Waals surface area contributed by atoms with Crippen molar-refractivity contribution in [2.24, 2.45) is 5.92 Å². The number of piperidine rings is 1. The largest absolute Gasteiger partial charge is 0.320 e. The summed E-state index contributed by atoms with van der Waals surface area (Å²) < 4.78 is 27.2. The predicted molar refractivity (Wildman–Crippen MR) is 113 cm³/mol. The van der Waals surface area contributed by atoms with Gasteiger partial charge in [0.2, 0.25) is 10.0 Å². The number of aromatic nitrogens is 1. The van der Waals surface area contributed by atoms with Crippen molar-refractivity contribution in [3.05, 3.63) is 66.4 Å². The number of hydrogen-bond donors (Lipinski definition) is 1. The van der Waals surface area contributed by atoms with Crippen molar-refractivity contribution >= 4 is 32.5 Å². The van der Waals surface area contributed by atoms with E-state index in [1.165, 1.54) is 16.4 Å². The monoisotopic (exact) mass is 409 g/mol. The first-order valence-electron chi connectivity index (χ1n) is 9.70. The lowest BCUT2D eigenvalue weighted by Gasteiger charge is -2.29. The fourth-order valence-electron chi connectivity index (χ4n) is 3.55. The topological polar surface area (TPSA) is 79.4 Å². The molecule has 0 unspecified atom stereocenters. The summed E-state index contributed by atoms with van der Waals surface area (Å²) in [4.78, 5) is 17.2. The van der Waals surface area contributed by atoms with Gasteiger partial charge in [0.1, 0.15) is 0 Å². The second kappa shape index (κ2) is 7.93. The first-order chi connectivity index (χ1) is 13.9. The van der Waals surface area contributed by atoms with Crippen molar-refractivity contribution in [2.75, 3.05) is 18.4 Å². The van der Waals surface area contributed by atoms with Crippen molar-refractivity contribution < 1.29 is 13.2 Å². The third kappa shape index (κ3) is 4.02. The highest BCUT2D eigenvalue weighted by molar-refractivity contribution is 7.89. The van der Waals surface area contributed by atoms with Gasteiger partial charge in [0.25, 0.3) is 5.91 Å². The van der Waals surface area contributed by atoms with Gasteiger partial charge in [-0.25, -0.2) is 8.42 Å². The normalized spacial score (nSPS) is 16.0. The molecule has 2 aromatic carbocycles. The number of para-hydroxylation sites is 1. The Morgan fingerprint density at radius 2 is 1.72 bits per heavy atom. The summed E-state index contributed by atoms with van der Waals surface area (Å²) in [7, 11) is -3.52. The third-order valence-electron chi connectivity index (χ3n) is 5.38. The number of nitrogens with zero attached hydrogens (tertiary/aromatic N) is 2. The Kier molecular flexibility index (Phi) is 5.34. The second-order valence-corrected chi connectivity index (χ2v) is 9.38. The molecule has 0 saturated carbocycles. The first-order valence-corrected chi connectivity index (χ1v) is 11.1. The van der Waals surface area contributed by atoms with E-state index in [0.29, 0.717) is 35.8 Å². The standard InChI is InChI=1S/C22H23N3O3S/c1-16-11-14-25(15-12-16)29(27,28)19-9-7-18(8-10-19)22(26)24-20-6-2-4-17-5-3-13-23-21(17)20/h2-10,13,16H,11-12,14-15H2,1H3,(H,24,26). The van der Waals surface area contributed by atoms with Crippen LogP contribution in [-0.4, -0.2) is 36.7 Å². The minimum atomic E-state index is -3.52. The highest BCUT2D eigenvalue weighted by atomic mass is 32.2. The van der Waals surface area contributed by atoms with E-state index in [9.17, 15) is 13.2 Å². The Labute approximate surface area is 170 Å². The van der Waals surface area contributed by atoms with E-state index in [1.54, 1.807) is 24.4 Å². The summed E-state index contributed by atoms with van der Waals surface area (Å²) in [5, 5.41) is 3.80. The van der Waals surface area contributed by atoms with Crippen LogP contribution < -0.4 is 5.32 Å². The zero-order valence-corrected chi connectivity index (χ0v) is 17.0. The number of carbonyl (C=O) groups excluding carboxylic acids is 1. The van der Waals surface area contributed by atoms with Crippen molar-refractivity contribution in [1.29, 1.82) is 0 Å². The minimum Gasteiger partial charge on any atom is -0.320 e. The molecule has 29 heavy (non-hydrogen) atoms. The lowest BCUT2D eigenvalue weighted by molar-refractivity contribution is 0.102.